The van der Waals surface area contributed by atoms with Crippen molar-refractivity contribution in [2.24, 2.45) is 0 Å². The first-order valence-corrected chi connectivity index (χ1v) is 6.19. The highest BCUT2D eigenvalue weighted by molar-refractivity contribution is 7.11. The van der Waals surface area contributed by atoms with E-state index in [2.05, 4.69) is 38.0 Å². The molecule has 86 valence electrons. The Hall–Kier alpha value is -0.450. The quantitative estimate of drug-likeness (QED) is 0.812. The topological polar surface area (TPSA) is 45.1 Å². The zero-order valence-electron chi connectivity index (χ0n) is 9.87. The summed E-state index contributed by atoms with van der Waals surface area (Å²) in [5.74, 6) is 0.422. The maximum atomic E-state index is 9.06. The van der Waals surface area contributed by atoms with Crippen LogP contribution in [0.2, 0.25) is 0 Å². The van der Waals surface area contributed by atoms with Crippen molar-refractivity contribution in [1.29, 1.82) is 0 Å². The molecule has 0 saturated carbocycles. The van der Waals surface area contributed by atoms with Gasteiger partial charge in [0.15, 0.2) is 0 Å². The Morgan fingerprint density at radius 3 is 2.47 bits per heavy atom. The number of rotatable bonds is 5. The first-order chi connectivity index (χ1) is 7.04. The van der Waals surface area contributed by atoms with Crippen LogP contribution in [0.1, 0.15) is 49.2 Å². The van der Waals surface area contributed by atoms with E-state index in [4.69, 9.17) is 5.11 Å². The fourth-order valence-corrected chi connectivity index (χ4v) is 2.39. The summed E-state index contributed by atoms with van der Waals surface area (Å²) < 4.78 is 0. The van der Waals surface area contributed by atoms with E-state index in [1.54, 1.807) is 11.3 Å². The lowest BCUT2D eigenvalue weighted by atomic mass is 10.1. The molecule has 15 heavy (non-hydrogen) atoms. The monoisotopic (exact) mass is 228 g/mol. The zero-order chi connectivity index (χ0) is 11.4. The van der Waals surface area contributed by atoms with Gasteiger partial charge in [-0.3, -0.25) is 0 Å². The molecule has 2 N–H and O–H groups in total. The minimum absolute atomic E-state index is 0.0477. The fraction of sp³-hybridized carbons (Fsp3) is 0.727. The third-order valence-electron chi connectivity index (χ3n) is 2.12. The molecule has 1 heterocycles. The van der Waals surface area contributed by atoms with E-state index in [-0.39, 0.29) is 6.61 Å². The van der Waals surface area contributed by atoms with Gasteiger partial charge in [-0.05, 0) is 5.92 Å². The zero-order valence-corrected chi connectivity index (χ0v) is 10.7. The number of aliphatic hydroxyl groups excluding tert-OH is 1. The van der Waals surface area contributed by atoms with E-state index in [0.717, 1.165) is 17.2 Å². The van der Waals surface area contributed by atoms with Crippen molar-refractivity contribution in [3.8, 4) is 0 Å². The number of nitrogens with one attached hydrogen (secondary N) is 1. The number of nitrogens with zero attached hydrogens (tertiary/aromatic N) is 1. The molecule has 0 spiro atoms. The van der Waals surface area contributed by atoms with Gasteiger partial charge in [0.25, 0.3) is 0 Å². The van der Waals surface area contributed by atoms with Gasteiger partial charge in [-0.2, -0.15) is 0 Å². The Bertz CT molecular complexity index is 308. The Morgan fingerprint density at radius 1 is 1.33 bits per heavy atom. The molecule has 0 saturated heterocycles. The maximum absolute atomic E-state index is 9.06. The van der Waals surface area contributed by atoms with Crippen LogP contribution in [0.4, 0.5) is 0 Å². The van der Waals surface area contributed by atoms with Gasteiger partial charge in [-0.25, -0.2) is 4.98 Å². The van der Waals surface area contributed by atoms with Crippen molar-refractivity contribution >= 4 is 11.3 Å². The molecule has 0 radical (unpaired) electrons. The third kappa shape index (κ3) is 3.55. The van der Waals surface area contributed by atoms with Gasteiger partial charge in [0.2, 0.25) is 0 Å². The minimum Gasteiger partial charge on any atom is -0.389 e. The number of hydrogen-bond donors (Lipinski definition) is 2. The van der Waals surface area contributed by atoms with Crippen LogP contribution >= 0.6 is 11.3 Å². The van der Waals surface area contributed by atoms with Gasteiger partial charge in [-0.15, -0.1) is 11.3 Å². The van der Waals surface area contributed by atoms with Gasteiger partial charge in [0, 0.05) is 17.5 Å². The lowest BCUT2D eigenvalue weighted by Crippen LogP contribution is -2.22. The molecule has 0 unspecified atom stereocenters. The second-order valence-electron chi connectivity index (χ2n) is 4.26. The normalized spacial score (nSPS) is 11.7. The lowest BCUT2D eigenvalue weighted by molar-refractivity contribution is 0.281. The molecule has 1 aromatic rings. The molecule has 4 heteroatoms. The summed E-state index contributed by atoms with van der Waals surface area (Å²) in [4.78, 5) is 5.69. The number of thiazole rings is 1. The first-order valence-electron chi connectivity index (χ1n) is 5.37. The van der Waals surface area contributed by atoms with E-state index in [1.807, 2.05) is 0 Å². The van der Waals surface area contributed by atoms with Crippen LogP contribution < -0.4 is 5.32 Å². The van der Waals surface area contributed by atoms with Gasteiger partial charge >= 0.3 is 0 Å². The average molecular weight is 228 g/mol. The summed E-state index contributed by atoms with van der Waals surface area (Å²) >= 11 is 1.61. The summed E-state index contributed by atoms with van der Waals surface area (Å²) in [6, 6.07) is 0.477. The lowest BCUT2D eigenvalue weighted by Gasteiger charge is -2.09. The van der Waals surface area contributed by atoms with Crippen molar-refractivity contribution in [1.82, 2.24) is 10.3 Å². The summed E-state index contributed by atoms with van der Waals surface area (Å²) in [7, 11) is 0. The molecule has 0 aliphatic carbocycles. The molecule has 0 fully saturated rings. The average Bonchev–Trinajstić information content (AvgIpc) is 2.57. The Balaban J connectivity index is 2.79. The molecule has 1 aromatic heterocycles. The van der Waals surface area contributed by atoms with Gasteiger partial charge in [0.1, 0.15) is 5.01 Å². The van der Waals surface area contributed by atoms with Crippen molar-refractivity contribution in [3.63, 3.8) is 0 Å². The molecule has 0 amide bonds. The van der Waals surface area contributed by atoms with Crippen molar-refractivity contribution in [3.05, 3.63) is 15.6 Å². The van der Waals surface area contributed by atoms with Crippen LogP contribution in [-0.2, 0) is 13.2 Å². The molecule has 0 aromatic carbocycles. The largest absolute Gasteiger partial charge is 0.389 e. The molecule has 0 atom stereocenters. The second-order valence-corrected chi connectivity index (χ2v) is 5.43. The Kier molecular flexibility index (Phi) is 4.70. The Labute approximate surface area is 95.6 Å². The standard InChI is InChI=1S/C11H20N2OS/c1-7(2)11-9(5-12-8(3)4)15-10(6-14)13-11/h7-8,12,14H,5-6H2,1-4H3. The van der Waals surface area contributed by atoms with Crippen molar-refractivity contribution < 1.29 is 5.11 Å². The van der Waals surface area contributed by atoms with Crippen LogP contribution in [0.25, 0.3) is 0 Å². The molecule has 0 aliphatic rings. The van der Waals surface area contributed by atoms with Gasteiger partial charge < -0.3 is 10.4 Å². The summed E-state index contributed by atoms with van der Waals surface area (Å²) in [5.41, 5.74) is 1.12. The van der Waals surface area contributed by atoms with Gasteiger partial charge in [0.05, 0.1) is 12.3 Å². The number of aliphatic hydroxyl groups is 1. The minimum atomic E-state index is 0.0477. The SMILES string of the molecule is CC(C)NCc1sc(CO)nc1C(C)C. The predicted octanol–water partition coefficient (Wildman–Crippen LogP) is 2.26. The van der Waals surface area contributed by atoms with Crippen molar-refractivity contribution in [2.75, 3.05) is 0 Å². The van der Waals surface area contributed by atoms with E-state index in [1.165, 1.54) is 4.88 Å². The molecular formula is C11H20N2OS. The van der Waals surface area contributed by atoms with Crippen LogP contribution in [0.5, 0.6) is 0 Å². The van der Waals surface area contributed by atoms with Crippen molar-refractivity contribution in [2.45, 2.75) is 52.8 Å². The highest BCUT2D eigenvalue weighted by Gasteiger charge is 2.13. The van der Waals surface area contributed by atoms with Crippen LogP contribution in [0.15, 0.2) is 0 Å². The van der Waals surface area contributed by atoms with Gasteiger partial charge in [-0.1, -0.05) is 27.7 Å². The molecule has 0 aliphatic heterocycles. The fourth-order valence-electron chi connectivity index (χ4n) is 1.36. The maximum Gasteiger partial charge on any atom is 0.119 e. The summed E-state index contributed by atoms with van der Waals surface area (Å²) in [6.45, 7) is 9.42. The van der Waals surface area contributed by atoms with Crippen LogP contribution in [0.3, 0.4) is 0 Å². The number of aromatic nitrogens is 1. The van der Waals surface area contributed by atoms with E-state index >= 15 is 0 Å². The highest BCUT2D eigenvalue weighted by atomic mass is 32.1. The third-order valence-corrected chi connectivity index (χ3v) is 3.18. The van der Waals surface area contributed by atoms with Crippen LogP contribution in [-0.4, -0.2) is 16.1 Å². The summed E-state index contributed by atoms with van der Waals surface area (Å²) in [5, 5.41) is 13.3. The Morgan fingerprint density at radius 2 is 2.00 bits per heavy atom. The molecule has 3 nitrogen and oxygen atoms in total. The highest BCUT2D eigenvalue weighted by Crippen LogP contribution is 2.25. The molecular weight excluding hydrogens is 208 g/mol. The second kappa shape index (κ2) is 5.58. The van der Waals surface area contributed by atoms with E-state index in [9.17, 15) is 0 Å². The molecule has 0 bridgehead atoms. The molecule has 1 rings (SSSR count). The first kappa shape index (κ1) is 12.6. The van der Waals surface area contributed by atoms with E-state index < -0.39 is 0 Å². The van der Waals surface area contributed by atoms with Crippen LogP contribution in [0, 0.1) is 0 Å². The number of hydrogen-bond acceptors (Lipinski definition) is 4. The van der Waals surface area contributed by atoms with E-state index in [0.29, 0.717) is 12.0 Å². The predicted molar refractivity (Wildman–Crippen MR) is 64.1 cm³/mol. The summed E-state index contributed by atoms with van der Waals surface area (Å²) in [6.07, 6.45) is 0. The smallest absolute Gasteiger partial charge is 0.119 e.